The average Bonchev–Trinajstić information content (AvgIpc) is 2.62. The molecule has 18 heavy (non-hydrogen) atoms. The molecule has 0 aliphatic rings. The van der Waals surface area contributed by atoms with E-state index in [1.165, 1.54) is 0 Å². The molecule has 0 aliphatic heterocycles. The molecule has 0 aliphatic carbocycles. The Morgan fingerprint density at radius 3 is 2.61 bits per heavy atom. The highest BCUT2D eigenvalue weighted by atomic mass is 16.6. The molecular weight excluding hydrogens is 234 g/mol. The monoisotopic (exact) mass is 253 g/mol. The van der Waals surface area contributed by atoms with Crippen molar-refractivity contribution < 1.29 is 14.3 Å². The van der Waals surface area contributed by atoms with Crippen molar-refractivity contribution in [3.8, 4) is 0 Å². The van der Waals surface area contributed by atoms with Crippen LogP contribution in [0.1, 0.15) is 37.7 Å². The maximum atomic E-state index is 11.7. The largest absolute Gasteiger partial charge is 0.444 e. The molecule has 0 fully saturated rings. The second-order valence-corrected chi connectivity index (χ2v) is 5.03. The summed E-state index contributed by atoms with van der Waals surface area (Å²) in [5, 5.41) is 2.53. The van der Waals surface area contributed by atoms with Gasteiger partial charge in [0.05, 0.1) is 6.33 Å². The lowest BCUT2D eigenvalue weighted by atomic mass is 10.2. The van der Waals surface area contributed by atoms with Crippen LogP contribution in [0.4, 0.5) is 4.79 Å². The summed E-state index contributed by atoms with van der Waals surface area (Å²) in [6, 6.07) is 0. The lowest BCUT2D eigenvalue weighted by Crippen LogP contribution is -2.33. The summed E-state index contributed by atoms with van der Waals surface area (Å²) in [4.78, 5) is 26.9. The van der Waals surface area contributed by atoms with Crippen LogP contribution in [-0.2, 0) is 11.8 Å². The summed E-state index contributed by atoms with van der Waals surface area (Å²) in [6.45, 7) is 5.59. The van der Waals surface area contributed by atoms with Crippen LogP contribution in [0.3, 0.4) is 0 Å². The number of nitrogens with one attached hydrogen (secondary N) is 1. The van der Waals surface area contributed by atoms with Crippen molar-refractivity contribution in [2.24, 2.45) is 7.05 Å². The molecule has 1 rings (SSSR count). The van der Waals surface area contributed by atoms with Crippen LogP contribution in [0.5, 0.6) is 0 Å². The van der Waals surface area contributed by atoms with Gasteiger partial charge >= 0.3 is 6.09 Å². The first-order chi connectivity index (χ1) is 8.28. The molecule has 1 aromatic rings. The van der Waals surface area contributed by atoms with Gasteiger partial charge in [-0.1, -0.05) is 0 Å². The van der Waals surface area contributed by atoms with Crippen LogP contribution in [0.15, 0.2) is 12.5 Å². The van der Waals surface area contributed by atoms with E-state index in [1.54, 1.807) is 44.9 Å². The lowest BCUT2D eigenvalue weighted by Gasteiger charge is -2.19. The van der Waals surface area contributed by atoms with Crippen molar-refractivity contribution in [2.75, 3.05) is 6.54 Å². The van der Waals surface area contributed by atoms with Crippen molar-refractivity contribution in [2.45, 2.75) is 32.8 Å². The topological polar surface area (TPSA) is 73.2 Å². The predicted molar refractivity (Wildman–Crippen MR) is 66.4 cm³/mol. The number of aryl methyl sites for hydroxylation is 1. The number of Topliss-reactive ketones (excluding diaryl/α,β-unsaturated/α-hetero) is 1. The minimum atomic E-state index is -0.533. The summed E-state index contributed by atoms with van der Waals surface area (Å²) in [5.41, 5.74) is -0.127. The number of ether oxygens (including phenoxy) is 1. The van der Waals surface area contributed by atoms with Gasteiger partial charge in [-0.15, -0.1) is 0 Å². The minimum absolute atomic E-state index is 0.105. The number of ketones is 1. The molecule has 0 spiro atoms. The molecule has 0 radical (unpaired) electrons. The molecule has 1 heterocycles. The Kier molecular flexibility index (Phi) is 4.47. The van der Waals surface area contributed by atoms with E-state index in [4.69, 9.17) is 4.74 Å². The van der Waals surface area contributed by atoms with E-state index in [0.29, 0.717) is 5.69 Å². The lowest BCUT2D eigenvalue weighted by molar-refractivity contribution is 0.0527. The fourth-order valence-corrected chi connectivity index (χ4v) is 1.28. The third-order valence-corrected chi connectivity index (χ3v) is 2.01. The van der Waals surface area contributed by atoms with Gasteiger partial charge in [-0.2, -0.15) is 0 Å². The predicted octanol–water partition coefficient (Wildman–Crippen LogP) is 1.52. The van der Waals surface area contributed by atoms with Crippen molar-refractivity contribution in [1.82, 2.24) is 14.9 Å². The van der Waals surface area contributed by atoms with E-state index in [-0.39, 0.29) is 18.7 Å². The van der Waals surface area contributed by atoms with E-state index in [2.05, 4.69) is 10.3 Å². The SMILES string of the molecule is Cn1cnc(C(=O)CCNC(=O)OC(C)(C)C)c1. The highest BCUT2D eigenvalue weighted by Gasteiger charge is 2.16. The van der Waals surface area contributed by atoms with Crippen LogP contribution in [0.25, 0.3) is 0 Å². The van der Waals surface area contributed by atoms with Crippen LogP contribution in [-0.4, -0.2) is 33.6 Å². The molecule has 1 amide bonds. The van der Waals surface area contributed by atoms with Gasteiger partial charge in [0.25, 0.3) is 0 Å². The highest BCUT2D eigenvalue weighted by Crippen LogP contribution is 2.06. The van der Waals surface area contributed by atoms with Crippen molar-refractivity contribution in [3.05, 3.63) is 18.2 Å². The number of aromatic nitrogens is 2. The van der Waals surface area contributed by atoms with Gasteiger partial charge in [0.15, 0.2) is 5.78 Å². The van der Waals surface area contributed by atoms with Gasteiger partial charge in [0.2, 0.25) is 0 Å². The molecule has 0 bridgehead atoms. The van der Waals surface area contributed by atoms with Gasteiger partial charge in [0.1, 0.15) is 11.3 Å². The maximum Gasteiger partial charge on any atom is 0.407 e. The average molecular weight is 253 g/mol. The van der Waals surface area contributed by atoms with Crippen molar-refractivity contribution in [1.29, 1.82) is 0 Å². The van der Waals surface area contributed by atoms with E-state index in [1.807, 2.05) is 0 Å². The highest BCUT2D eigenvalue weighted by molar-refractivity contribution is 5.94. The molecule has 0 unspecified atom stereocenters. The summed E-state index contributed by atoms with van der Waals surface area (Å²) in [5.74, 6) is -0.105. The quantitative estimate of drug-likeness (QED) is 0.826. The van der Waals surface area contributed by atoms with E-state index in [0.717, 1.165) is 0 Å². The van der Waals surface area contributed by atoms with Gasteiger partial charge in [0, 0.05) is 26.2 Å². The van der Waals surface area contributed by atoms with Gasteiger partial charge in [-0.3, -0.25) is 4.79 Å². The summed E-state index contributed by atoms with van der Waals surface area (Å²) >= 11 is 0. The number of imidazole rings is 1. The summed E-state index contributed by atoms with van der Waals surface area (Å²) < 4.78 is 6.75. The zero-order valence-electron chi connectivity index (χ0n) is 11.2. The fourth-order valence-electron chi connectivity index (χ4n) is 1.28. The Morgan fingerprint density at radius 2 is 2.11 bits per heavy atom. The normalized spacial score (nSPS) is 11.1. The number of carbonyl (C=O) groups is 2. The Balaban J connectivity index is 2.30. The third kappa shape index (κ3) is 4.99. The number of amides is 1. The van der Waals surface area contributed by atoms with Crippen LogP contribution in [0, 0.1) is 0 Å². The second kappa shape index (κ2) is 5.66. The number of nitrogens with zero attached hydrogens (tertiary/aromatic N) is 2. The molecule has 6 heteroatoms. The molecule has 6 nitrogen and oxygen atoms in total. The van der Waals surface area contributed by atoms with Gasteiger partial charge < -0.3 is 14.6 Å². The van der Waals surface area contributed by atoms with Crippen LogP contribution in [0.2, 0.25) is 0 Å². The Hall–Kier alpha value is -1.85. The van der Waals surface area contributed by atoms with Crippen LogP contribution < -0.4 is 5.32 Å². The molecule has 0 saturated carbocycles. The Labute approximate surface area is 106 Å². The molecule has 100 valence electrons. The van der Waals surface area contributed by atoms with E-state index < -0.39 is 11.7 Å². The molecule has 1 aromatic heterocycles. The molecule has 0 atom stereocenters. The maximum absolute atomic E-state index is 11.7. The van der Waals surface area contributed by atoms with Gasteiger partial charge in [-0.05, 0) is 20.8 Å². The zero-order valence-corrected chi connectivity index (χ0v) is 11.2. The minimum Gasteiger partial charge on any atom is -0.444 e. The Morgan fingerprint density at radius 1 is 1.44 bits per heavy atom. The van der Waals surface area contributed by atoms with Gasteiger partial charge in [-0.25, -0.2) is 9.78 Å². The molecular formula is C12H19N3O3. The van der Waals surface area contributed by atoms with Crippen molar-refractivity contribution >= 4 is 11.9 Å². The molecule has 1 N–H and O–H groups in total. The first-order valence-corrected chi connectivity index (χ1v) is 5.76. The standard InChI is InChI=1S/C12H19N3O3/c1-12(2,3)18-11(17)13-6-5-10(16)9-7-15(4)8-14-9/h7-8H,5-6H2,1-4H3,(H,13,17). The number of hydrogen-bond acceptors (Lipinski definition) is 4. The van der Waals surface area contributed by atoms with E-state index in [9.17, 15) is 9.59 Å². The van der Waals surface area contributed by atoms with Crippen molar-refractivity contribution in [3.63, 3.8) is 0 Å². The summed E-state index contributed by atoms with van der Waals surface area (Å²) in [6.07, 6.45) is 2.90. The second-order valence-electron chi connectivity index (χ2n) is 5.03. The summed E-state index contributed by atoms with van der Waals surface area (Å²) in [7, 11) is 1.79. The third-order valence-electron chi connectivity index (χ3n) is 2.01. The van der Waals surface area contributed by atoms with Crippen LogP contribution >= 0.6 is 0 Å². The zero-order chi connectivity index (χ0) is 13.8. The number of carbonyl (C=O) groups excluding carboxylic acids is 2. The first-order valence-electron chi connectivity index (χ1n) is 5.76. The number of alkyl carbamates (subject to hydrolysis) is 1. The fraction of sp³-hybridized carbons (Fsp3) is 0.583. The van der Waals surface area contributed by atoms with E-state index >= 15 is 0 Å². The number of rotatable bonds is 4. The molecule has 0 aromatic carbocycles. The first kappa shape index (κ1) is 14.2. The smallest absolute Gasteiger partial charge is 0.407 e. The number of hydrogen-bond donors (Lipinski definition) is 1. The molecule has 0 saturated heterocycles. The Bertz CT molecular complexity index is 432.